The predicted octanol–water partition coefficient (Wildman–Crippen LogP) is -0.162. The molecule has 0 aromatic heterocycles. The molecule has 0 aliphatic rings. The fourth-order valence-corrected chi connectivity index (χ4v) is 1.46. The van der Waals surface area contributed by atoms with Crippen LogP contribution in [-0.4, -0.2) is 20.2 Å². The molecule has 4 nitrogen and oxygen atoms in total. The molecule has 0 aromatic carbocycles. The first-order valence-electron chi connectivity index (χ1n) is 2.67. The lowest BCUT2D eigenvalue weighted by atomic mass is 10.1. The summed E-state index contributed by atoms with van der Waals surface area (Å²) in [4.78, 5) is 0. The minimum absolute atomic E-state index is 1.01. The number of nitriles is 1. The molecule has 0 amide bonds. The van der Waals surface area contributed by atoms with E-state index >= 15 is 0 Å². The van der Waals surface area contributed by atoms with Gasteiger partial charge < -0.3 is 0 Å². The van der Waals surface area contributed by atoms with E-state index in [2.05, 4.69) is 4.72 Å². The van der Waals surface area contributed by atoms with E-state index < -0.39 is 15.6 Å². The molecule has 0 spiro atoms. The van der Waals surface area contributed by atoms with Crippen LogP contribution in [0.3, 0.4) is 0 Å². The lowest BCUT2D eigenvalue weighted by Gasteiger charge is -2.14. The quantitative estimate of drug-likeness (QED) is 0.613. The molecule has 0 atom stereocenters. The standard InChI is InChI=1S/C5H10N2O2S/c1-5(2,4-6)7-10(3,8)9/h7H,1-3H3. The molecule has 1 N–H and O–H groups in total. The van der Waals surface area contributed by atoms with Crippen molar-refractivity contribution in [2.24, 2.45) is 0 Å². The summed E-state index contributed by atoms with van der Waals surface area (Å²) in [7, 11) is -3.27. The van der Waals surface area contributed by atoms with E-state index in [9.17, 15) is 8.42 Å². The van der Waals surface area contributed by atoms with Gasteiger partial charge in [0.1, 0.15) is 5.54 Å². The Hall–Kier alpha value is -0.600. The van der Waals surface area contributed by atoms with Gasteiger partial charge in [-0.05, 0) is 13.8 Å². The Kier molecular flexibility index (Phi) is 2.41. The first-order chi connectivity index (χ1) is 4.27. The maximum absolute atomic E-state index is 10.5. The van der Waals surface area contributed by atoms with Gasteiger partial charge in [-0.2, -0.15) is 9.98 Å². The van der Waals surface area contributed by atoms with Gasteiger partial charge in [0, 0.05) is 0 Å². The normalized spacial score (nSPS) is 12.6. The summed E-state index contributed by atoms with van der Waals surface area (Å²) >= 11 is 0. The maximum Gasteiger partial charge on any atom is 0.210 e. The van der Waals surface area contributed by atoms with Gasteiger partial charge in [0.2, 0.25) is 10.0 Å². The first-order valence-corrected chi connectivity index (χ1v) is 4.56. The molecule has 0 fully saturated rings. The third-order valence-electron chi connectivity index (χ3n) is 0.720. The number of hydrogen-bond donors (Lipinski definition) is 1. The summed E-state index contributed by atoms with van der Waals surface area (Å²) in [5.41, 5.74) is -1.01. The van der Waals surface area contributed by atoms with Gasteiger partial charge in [-0.1, -0.05) is 0 Å². The van der Waals surface area contributed by atoms with Crippen molar-refractivity contribution in [2.45, 2.75) is 19.4 Å². The Bertz CT molecular complexity index is 247. The Morgan fingerprint density at radius 2 is 1.90 bits per heavy atom. The predicted molar refractivity (Wildman–Crippen MR) is 37.7 cm³/mol. The number of nitrogens with one attached hydrogen (secondary N) is 1. The Morgan fingerprint density at radius 3 is 2.00 bits per heavy atom. The fraction of sp³-hybridized carbons (Fsp3) is 0.800. The molecule has 0 heterocycles. The molecule has 0 aliphatic carbocycles. The van der Waals surface area contributed by atoms with Gasteiger partial charge in [-0.3, -0.25) is 0 Å². The molecule has 0 bridgehead atoms. The summed E-state index contributed by atoms with van der Waals surface area (Å²) < 4.78 is 23.2. The van der Waals surface area contributed by atoms with Gasteiger partial charge in [-0.15, -0.1) is 0 Å². The smallest absolute Gasteiger partial charge is 0.210 e. The van der Waals surface area contributed by atoms with Gasteiger partial charge in [0.25, 0.3) is 0 Å². The number of sulfonamides is 1. The molecular formula is C5H10N2O2S. The zero-order valence-electron chi connectivity index (χ0n) is 6.17. The van der Waals surface area contributed by atoms with Crippen LogP contribution < -0.4 is 4.72 Å². The van der Waals surface area contributed by atoms with Crippen LogP contribution in [0.25, 0.3) is 0 Å². The van der Waals surface area contributed by atoms with E-state index in [-0.39, 0.29) is 0 Å². The Morgan fingerprint density at radius 1 is 1.50 bits per heavy atom. The minimum Gasteiger partial charge on any atom is -0.213 e. The van der Waals surface area contributed by atoms with Crippen molar-refractivity contribution < 1.29 is 8.42 Å². The summed E-state index contributed by atoms with van der Waals surface area (Å²) in [6.07, 6.45) is 1.02. The largest absolute Gasteiger partial charge is 0.213 e. The van der Waals surface area contributed by atoms with Crippen LogP contribution in [0.1, 0.15) is 13.8 Å². The molecule has 58 valence electrons. The molecule has 10 heavy (non-hydrogen) atoms. The van der Waals surface area contributed by atoms with Crippen molar-refractivity contribution in [3.63, 3.8) is 0 Å². The molecule has 0 aromatic rings. The van der Waals surface area contributed by atoms with E-state index in [0.29, 0.717) is 0 Å². The van der Waals surface area contributed by atoms with E-state index in [1.807, 2.05) is 6.07 Å². The van der Waals surface area contributed by atoms with Crippen molar-refractivity contribution in [1.82, 2.24) is 4.72 Å². The molecular weight excluding hydrogens is 152 g/mol. The molecule has 0 rings (SSSR count). The van der Waals surface area contributed by atoms with Crippen molar-refractivity contribution in [2.75, 3.05) is 6.26 Å². The van der Waals surface area contributed by atoms with Crippen LogP contribution >= 0.6 is 0 Å². The molecule has 0 saturated carbocycles. The van der Waals surface area contributed by atoms with Crippen LogP contribution in [0, 0.1) is 11.3 Å². The van der Waals surface area contributed by atoms with Gasteiger partial charge in [0.15, 0.2) is 0 Å². The van der Waals surface area contributed by atoms with Crippen molar-refractivity contribution in [3.05, 3.63) is 0 Å². The molecule has 0 saturated heterocycles. The minimum atomic E-state index is -3.27. The van der Waals surface area contributed by atoms with Gasteiger partial charge in [-0.25, -0.2) is 8.42 Å². The second kappa shape index (κ2) is 2.56. The highest BCUT2D eigenvalue weighted by molar-refractivity contribution is 7.88. The summed E-state index contributed by atoms with van der Waals surface area (Å²) in [6.45, 7) is 2.99. The third-order valence-corrected chi connectivity index (χ3v) is 1.60. The lowest BCUT2D eigenvalue weighted by Crippen LogP contribution is -2.41. The van der Waals surface area contributed by atoms with Gasteiger partial charge >= 0.3 is 0 Å². The SMILES string of the molecule is CC(C)(C#N)NS(C)(=O)=O. The second-order valence-electron chi connectivity index (χ2n) is 2.61. The van der Waals surface area contributed by atoms with Crippen LogP contribution in [0.4, 0.5) is 0 Å². The van der Waals surface area contributed by atoms with Gasteiger partial charge in [0.05, 0.1) is 12.3 Å². The average Bonchev–Trinajstić information content (AvgIpc) is 1.60. The number of nitrogens with zero attached hydrogens (tertiary/aromatic N) is 1. The van der Waals surface area contributed by atoms with E-state index in [1.165, 1.54) is 13.8 Å². The molecule has 0 radical (unpaired) electrons. The Balaban J connectivity index is 4.35. The van der Waals surface area contributed by atoms with Crippen molar-refractivity contribution in [3.8, 4) is 6.07 Å². The Labute approximate surface area is 60.9 Å². The lowest BCUT2D eigenvalue weighted by molar-refractivity contribution is 0.541. The van der Waals surface area contributed by atoms with Crippen molar-refractivity contribution in [1.29, 1.82) is 5.26 Å². The van der Waals surface area contributed by atoms with Crippen LogP contribution in [0.15, 0.2) is 0 Å². The topological polar surface area (TPSA) is 70.0 Å². The van der Waals surface area contributed by atoms with E-state index in [4.69, 9.17) is 5.26 Å². The highest BCUT2D eigenvalue weighted by Gasteiger charge is 2.20. The highest BCUT2D eigenvalue weighted by atomic mass is 32.2. The maximum atomic E-state index is 10.5. The fourth-order valence-electron chi connectivity index (χ4n) is 0.486. The monoisotopic (exact) mass is 162 g/mol. The third kappa shape index (κ3) is 4.30. The number of rotatable bonds is 2. The average molecular weight is 162 g/mol. The first kappa shape index (κ1) is 9.40. The van der Waals surface area contributed by atoms with Crippen LogP contribution in [0.5, 0.6) is 0 Å². The molecule has 0 unspecified atom stereocenters. The number of hydrogen-bond acceptors (Lipinski definition) is 3. The zero-order valence-corrected chi connectivity index (χ0v) is 6.99. The highest BCUT2D eigenvalue weighted by Crippen LogP contribution is 1.99. The van der Waals surface area contributed by atoms with Crippen LogP contribution in [-0.2, 0) is 10.0 Å². The second-order valence-corrected chi connectivity index (χ2v) is 4.36. The van der Waals surface area contributed by atoms with E-state index in [1.54, 1.807) is 0 Å². The summed E-state index contributed by atoms with van der Waals surface area (Å²) in [5.74, 6) is 0. The molecule has 5 heteroatoms. The van der Waals surface area contributed by atoms with E-state index in [0.717, 1.165) is 6.26 Å². The van der Waals surface area contributed by atoms with Crippen LogP contribution in [0.2, 0.25) is 0 Å². The van der Waals surface area contributed by atoms with Crippen molar-refractivity contribution >= 4 is 10.0 Å². The summed E-state index contributed by atoms with van der Waals surface area (Å²) in [5, 5.41) is 8.38. The molecule has 0 aliphatic heterocycles. The zero-order chi connectivity index (χ0) is 8.41. The summed E-state index contributed by atoms with van der Waals surface area (Å²) in [6, 6.07) is 1.81.